The molecule has 3 aliphatic rings. The Balaban J connectivity index is 1.45. The molecule has 132 valence electrons. The van der Waals surface area contributed by atoms with E-state index in [2.05, 4.69) is 9.88 Å². The van der Waals surface area contributed by atoms with Gasteiger partial charge in [0.25, 0.3) is 0 Å². The van der Waals surface area contributed by atoms with Crippen LogP contribution in [0.1, 0.15) is 50.8 Å². The van der Waals surface area contributed by atoms with E-state index in [1.165, 1.54) is 6.42 Å². The highest BCUT2D eigenvalue weighted by molar-refractivity contribution is 5.78. The Labute approximate surface area is 143 Å². The lowest BCUT2D eigenvalue weighted by Crippen LogP contribution is -2.53. The average molecular weight is 332 g/mol. The van der Waals surface area contributed by atoms with E-state index >= 15 is 0 Å². The minimum Gasteiger partial charge on any atom is -0.382 e. The van der Waals surface area contributed by atoms with Crippen molar-refractivity contribution in [1.82, 2.24) is 19.4 Å². The zero-order valence-electron chi connectivity index (χ0n) is 14.5. The number of imidazole rings is 1. The second kappa shape index (κ2) is 6.15. The van der Waals surface area contributed by atoms with Gasteiger partial charge in [-0.15, -0.1) is 0 Å². The summed E-state index contributed by atoms with van der Waals surface area (Å²) in [5.41, 5.74) is -0.852. The van der Waals surface area contributed by atoms with E-state index in [1.807, 2.05) is 22.7 Å². The number of hydrogen-bond acceptors (Lipinski definition) is 4. The minimum atomic E-state index is -0.852. The van der Waals surface area contributed by atoms with E-state index in [-0.39, 0.29) is 5.91 Å². The average Bonchev–Trinajstić information content (AvgIpc) is 3.11. The molecule has 4 rings (SSSR count). The molecule has 0 spiro atoms. The van der Waals surface area contributed by atoms with Crippen LogP contribution in [-0.2, 0) is 17.4 Å². The monoisotopic (exact) mass is 332 g/mol. The van der Waals surface area contributed by atoms with Crippen LogP contribution in [-0.4, -0.2) is 62.1 Å². The smallest absolute Gasteiger partial charge is 0.236 e. The van der Waals surface area contributed by atoms with E-state index in [9.17, 15) is 9.90 Å². The first-order chi connectivity index (χ1) is 11.6. The molecule has 3 aliphatic heterocycles. The molecule has 0 aliphatic carbocycles. The van der Waals surface area contributed by atoms with Gasteiger partial charge in [0.15, 0.2) is 0 Å². The highest BCUT2D eigenvalue weighted by Crippen LogP contribution is 2.45. The van der Waals surface area contributed by atoms with Crippen molar-refractivity contribution in [3.05, 3.63) is 18.2 Å². The van der Waals surface area contributed by atoms with Gasteiger partial charge in [0.2, 0.25) is 5.91 Å². The van der Waals surface area contributed by atoms with Crippen LogP contribution in [0.3, 0.4) is 0 Å². The standard InChI is InChI=1S/C18H28N4O2/c1-20-10-7-19-17(20)18(24)11-14-5-6-15(12-18)22(14)13-16(23)21-8-3-2-4-9-21/h7,10,14-15,24H,2-6,8-9,11-13H2,1H3. The second-order valence-corrected chi connectivity index (χ2v) is 7.80. The molecule has 1 aromatic heterocycles. The Morgan fingerprint density at radius 3 is 2.50 bits per heavy atom. The van der Waals surface area contributed by atoms with Crippen molar-refractivity contribution in [3.63, 3.8) is 0 Å². The fourth-order valence-electron chi connectivity index (χ4n) is 4.97. The van der Waals surface area contributed by atoms with Gasteiger partial charge in [-0.25, -0.2) is 4.98 Å². The molecule has 2 unspecified atom stereocenters. The third-order valence-electron chi connectivity index (χ3n) is 6.18. The maximum Gasteiger partial charge on any atom is 0.236 e. The number of likely N-dealkylation sites (tertiary alicyclic amines) is 1. The lowest BCUT2D eigenvalue weighted by Gasteiger charge is -2.43. The van der Waals surface area contributed by atoms with E-state index in [1.54, 1.807) is 6.20 Å². The Morgan fingerprint density at radius 2 is 1.92 bits per heavy atom. The highest BCUT2D eigenvalue weighted by Gasteiger charge is 2.50. The summed E-state index contributed by atoms with van der Waals surface area (Å²) in [4.78, 5) is 21.4. The van der Waals surface area contributed by atoms with Gasteiger partial charge in [-0.2, -0.15) is 0 Å². The van der Waals surface area contributed by atoms with Gasteiger partial charge < -0.3 is 14.6 Å². The number of aromatic nitrogens is 2. The first-order valence-corrected chi connectivity index (χ1v) is 9.30. The summed E-state index contributed by atoms with van der Waals surface area (Å²) in [5, 5.41) is 11.2. The number of aryl methyl sites for hydroxylation is 1. The van der Waals surface area contributed by atoms with Gasteiger partial charge in [-0.05, 0) is 44.9 Å². The van der Waals surface area contributed by atoms with Crippen molar-refractivity contribution in [3.8, 4) is 0 Å². The molecular weight excluding hydrogens is 304 g/mol. The first kappa shape index (κ1) is 16.1. The summed E-state index contributed by atoms with van der Waals surface area (Å²) >= 11 is 0. The predicted molar refractivity (Wildman–Crippen MR) is 90.3 cm³/mol. The van der Waals surface area contributed by atoms with Gasteiger partial charge in [-0.1, -0.05) is 0 Å². The van der Waals surface area contributed by atoms with Crippen molar-refractivity contribution in [2.75, 3.05) is 19.6 Å². The number of fused-ring (bicyclic) bond motifs is 2. The summed E-state index contributed by atoms with van der Waals surface area (Å²) in [6.07, 6.45) is 10.7. The van der Waals surface area contributed by atoms with Crippen LogP contribution in [0.4, 0.5) is 0 Å². The molecule has 1 N–H and O–H groups in total. The molecular formula is C18H28N4O2. The predicted octanol–water partition coefficient (Wildman–Crippen LogP) is 1.25. The van der Waals surface area contributed by atoms with Crippen molar-refractivity contribution >= 4 is 5.91 Å². The third-order valence-corrected chi connectivity index (χ3v) is 6.18. The molecule has 1 aromatic rings. The molecule has 2 bridgehead atoms. The zero-order valence-corrected chi connectivity index (χ0v) is 14.5. The number of amides is 1. The molecule has 6 heteroatoms. The molecule has 0 saturated carbocycles. The summed E-state index contributed by atoms with van der Waals surface area (Å²) in [7, 11) is 1.94. The Bertz CT molecular complexity index is 594. The summed E-state index contributed by atoms with van der Waals surface area (Å²) in [6, 6.07) is 0.582. The zero-order chi connectivity index (χ0) is 16.7. The topological polar surface area (TPSA) is 61.6 Å². The first-order valence-electron chi connectivity index (χ1n) is 9.30. The van der Waals surface area contributed by atoms with Gasteiger partial charge in [0, 0.05) is 44.6 Å². The summed E-state index contributed by atoms with van der Waals surface area (Å²) in [6.45, 7) is 2.35. The second-order valence-electron chi connectivity index (χ2n) is 7.80. The largest absolute Gasteiger partial charge is 0.382 e. The molecule has 2 atom stereocenters. The molecule has 1 amide bonds. The van der Waals surface area contributed by atoms with Crippen LogP contribution in [0.15, 0.2) is 12.4 Å². The molecule has 3 fully saturated rings. The lowest BCUT2D eigenvalue weighted by molar-refractivity contribution is -0.137. The summed E-state index contributed by atoms with van der Waals surface area (Å²) in [5.74, 6) is 1.04. The number of hydrogen-bond donors (Lipinski definition) is 1. The van der Waals surface area contributed by atoms with Gasteiger partial charge >= 0.3 is 0 Å². The number of aliphatic hydroxyl groups is 1. The van der Waals surface area contributed by atoms with Crippen LogP contribution >= 0.6 is 0 Å². The van der Waals surface area contributed by atoms with E-state index in [0.29, 0.717) is 31.5 Å². The summed E-state index contributed by atoms with van der Waals surface area (Å²) < 4.78 is 1.92. The molecule has 6 nitrogen and oxygen atoms in total. The molecule has 0 aromatic carbocycles. The van der Waals surface area contributed by atoms with E-state index < -0.39 is 5.60 Å². The maximum absolute atomic E-state index is 12.6. The Kier molecular flexibility index (Phi) is 4.12. The highest BCUT2D eigenvalue weighted by atomic mass is 16.3. The van der Waals surface area contributed by atoms with Crippen molar-refractivity contribution < 1.29 is 9.90 Å². The molecule has 3 saturated heterocycles. The minimum absolute atomic E-state index is 0.272. The van der Waals surface area contributed by atoms with E-state index in [4.69, 9.17) is 0 Å². The van der Waals surface area contributed by atoms with Crippen LogP contribution in [0.2, 0.25) is 0 Å². The number of rotatable bonds is 3. The molecule has 4 heterocycles. The number of carbonyl (C=O) groups excluding carboxylic acids is 1. The molecule has 24 heavy (non-hydrogen) atoms. The number of carbonyl (C=O) groups is 1. The number of piperidine rings is 2. The van der Waals surface area contributed by atoms with Crippen LogP contribution < -0.4 is 0 Å². The molecule has 0 radical (unpaired) electrons. The van der Waals surface area contributed by atoms with Crippen LogP contribution in [0.5, 0.6) is 0 Å². The Morgan fingerprint density at radius 1 is 1.25 bits per heavy atom. The van der Waals surface area contributed by atoms with Crippen LogP contribution in [0.25, 0.3) is 0 Å². The third kappa shape index (κ3) is 2.75. The normalized spacial score (nSPS) is 33.8. The van der Waals surface area contributed by atoms with E-state index in [0.717, 1.165) is 44.6 Å². The number of nitrogens with zero attached hydrogens (tertiary/aromatic N) is 4. The van der Waals surface area contributed by atoms with Crippen LogP contribution in [0, 0.1) is 0 Å². The fraction of sp³-hybridized carbons (Fsp3) is 0.778. The van der Waals surface area contributed by atoms with Gasteiger partial charge in [0.05, 0.1) is 6.54 Å². The lowest BCUT2D eigenvalue weighted by atomic mass is 9.85. The SMILES string of the molecule is Cn1ccnc1C1(O)CC2CCC(C1)N2CC(=O)N1CCCCC1. The van der Waals surface area contributed by atoms with Gasteiger partial charge in [-0.3, -0.25) is 9.69 Å². The van der Waals surface area contributed by atoms with Crippen molar-refractivity contribution in [1.29, 1.82) is 0 Å². The van der Waals surface area contributed by atoms with Crippen molar-refractivity contribution in [2.24, 2.45) is 7.05 Å². The quantitative estimate of drug-likeness (QED) is 0.905. The van der Waals surface area contributed by atoms with Crippen molar-refractivity contribution in [2.45, 2.75) is 62.6 Å². The maximum atomic E-state index is 12.6. The fourth-order valence-corrected chi connectivity index (χ4v) is 4.97. The Hall–Kier alpha value is -1.40. The van der Waals surface area contributed by atoms with Gasteiger partial charge in [0.1, 0.15) is 11.4 Å².